The largest absolute Gasteiger partial charge is 0.466 e. The molecule has 2 N–H and O–H groups in total. The molecule has 0 unspecified atom stereocenters. The number of amides is 1. The molecule has 1 aliphatic rings. The lowest BCUT2D eigenvalue weighted by atomic mass is 9.97. The molecule has 0 saturated carbocycles. The van der Waals surface area contributed by atoms with E-state index in [1.807, 2.05) is 0 Å². The zero-order chi connectivity index (χ0) is 15.2. The number of carbonyl (C=O) groups is 2. The maximum Gasteiger partial charge on any atom is 0.309 e. The SMILES string of the molecule is CCOC(=O)C1CCN(C(=O)CSc2nnc(N)s2)CC1. The first-order chi connectivity index (χ1) is 10.1. The van der Waals surface area contributed by atoms with Crippen molar-refractivity contribution < 1.29 is 14.3 Å². The lowest BCUT2D eigenvalue weighted by Crippen LogP contribution is -2.41. The van der Waals surface area contributed by atoms with Gasteiger partial charge in [-0.1, -0.05) is 23.1 Å². The minimum absolute atomic E-state index is 0.0519. The van der Waals surface area contributed by atoms with Crippen LogP contribution < -0.4 is 5.73 Å². The fourth-order valence-electron chi connectivity index (χ4n) is 2.12. The first-order valence-corrected chi connectivity index (χ1v) is 8.56. The van der Waals surface area contributed by atoms with E-state index in [-0.39, 0.29) is 17.8 Å². The van der Waals surface area contributed by atoms with Crippen LogP contribution in [0.15, 0.2) is 4.34 Å². The molecule has 1 aliphatic heterocycles. The average Bonchev–Trinajstić information content (AvgIpc) is 2.91. The number of esters is 1. The summed E-state index contributed by atoms with van der Waals surface area (Å²) in [7, 11) is 0. The van der Waals surface area contributed by atoms with Crippen LogP contribution in [0.25, 0.3) is 0 Å². The van der Waals surface area contributed by atoms with Crippen molar-refractivity contribution in [2.24, 2.45) is 5.92 Å². The van der Waals surface area contributed by atoms with Gasteiger partial charge in [-0.25, -0.2) is 0 Å². The van der Waals surface area contributed by atoms with Crippen molar-refractivity contribution in [2.45, 2.75) is 24.1 Å². The molecule has 0 aromatic carbocycles. The second-order valence-electron chi connectivity index (χ2n) is 4.60. The molecule has 0 atom stereocenters. The fourth-order valence-corrected chi connectivity index (χ4v) is 3.66. The van der Waals surface area contributed by atoms with Crippen LogP contribution in [0.2, 0.25) is 0 Å². The summed E-state index contributed by atoms with van der Waals surface area (Å²) in [6, 6.07) is 0. The topological polar surface area (TPSA) is 98.4 Å². The zero-order valence-corrected chi connectivity index (χ0v) is 13.4. The molecule has 2 heterocycles. The number of nitrogens with zero attached hydrogens (tertiary/aromatic N) is 3. The van der Waals surface area contributed by atoms with Crippen LogP contribution in [0.5, 0.6) is 0 Å². The number of rotatable bonds is 5. The Balaban J connectivity index is 1.74. The van der Waals surface area contributed by atoms with E-state index in [0.717, 1.165) is 0 Å². The molecule has 0 spiro atoms. The number of aromatic nitrogens is 2. The molecule has 7 nitrogen and oxygen atoms in total. The van der Waals surface area contributed by atoms with Gasteiger partial charge in [0.15, 0.2) is 4.34 Å². The molecule has 0 radical (unpaired) electrons. The van der Waals surface area contributed by atoms with E-state index in [4.69, 9.17) is 10.5 Å². The Bertz CT molecular complexity index is 500. The van der Waals surface area contributed by atoms with Crippen LogP contribution in [0.4, 0.5) is 5.13 Å². The predicted molar refractivity (Wildman–Crippen MR) is 81.0 cm³/mol. The number of hydrogen-bond donors (Lipinski definition) is 1. The lowest BCUT2D eigenvalue weighted by Gasteiger charge is -2.30. The Kier molecular flexibility index (Phi) is 5.80. The van der Waals surface area contributed by atoms with Crippen molar-refractivity contribution in [1.82, 2.24) is 15.1 Å². The maximum atomic E-state index is 12.1. The molecule has 1 saturated heterocycles. The number of hydrogen-bond acceptors (Lipinski definition) is 8. The normalized spacial score (nSPS) is 16.0. The number of likely N-dealkylation sites (tertiary alicyclic amines) is 1. The van der Waals surface area contributed by atoms with Crippen molar-refractivity contribution in [1.29, 1.82) is 0 Å². The molecule has 0 aliphatic carbocycles. The monoisotopic (exact) mass is 330 g/mol. The number of piperidine rings is 1. The summed E-state index contributed by atoms with van der Waals surface area (Å²) >= 11 is 2.61. The van der Waals surface area contributed by atoms with Gasteiger partial charge in [0.1, 0.15) is 0 Å². The Labute approximate surface area is 131 Å². The molecule has 1 amide bonds. The summed E-state index contributed by atoms with van der Waals surface area (Å²) in [6.45, 7) is 3.40. The predicted octanol–water partition coefficient (Wildman–Crippen LogP) is 1.01. The van der Waals surface area contributed by atoms with Gasteiger partial charge in [-0.15, -0.1) is 10.2 Å². The first-order valence-electron chi connectivity index (χ1n) is 6.76. The Morgan fingerprint density at radius 3 is 2.71 bits per heavy atom. The Morgan fingerprint density at radius 1 is 1.43 bits per heavy atom. The van der Waals surface area contributed by atoms with Crippen LogP contribution in [-0.4, -0.2) is 52.4 Å². The minimum Gasteiger partial charge on any atom is -0.466 e. The van der Waals surface area contributed by atoms with Gasteiger partial charge < -0.3 is 15.4 Å². The summed E-state index contributed by atoms with van der Waals surface area (Å²) in [6.07, 6.45) is 1.34. The van der Waals surface area contributed by atoms with E-state index in [2.05, 4.69) is 10.2 Å². The molecular weight excluding hydrogens is 312 g/mol. The first kappa shape index (κ1) is 16.0. The summed E-state index contributed by atoms with van der Waals surface area (Å²) in [5, 5.41) is 7.97. The van der Waals surface area contributed by atoms with E-state index >= 15 is 0 Å². The smallest absolute Gasteiger partial charge is 0.309 e. The molecule has 21 heavy (non-hydrogen) atoms. The molecule has 1 aromatic heterocycles. The zero-order valence-electron chi connectivity index (χ0n) is 11.8. The highest BCUT2D eigenvalue weighted by Crippen LogP contribution is 2.25. The van der Waals surface area contributed by atoms with Gasteiger partial charge in [0.05, 0.1) is 18.3 Å². The highest BCUT2D eigenvalue weighted by atomic mass is 32.2. The third kappa shape index (κ3) is 4.57. The molecular formula is C12H18N4O3S2. The summed E-state index contributed by atoms with van der Waals surface area (Å²) < 4.78 is 5.71. The molecule has 0 bridgehead atoms. The van der Waals surface area contributed by atoms with Crippen molar-refractivity contribution >= 4 is 40.1 Å². The average molecular weight is 330 g/mol. The van der Waals surface area contributed by atoms with Crippen molar-refractivity contribution in [3.63, 3.8) is 0 Å². The van der Waals surface area contributed by atoms with Crippen molar-refractivity contribution in [3.8, 4) is 0 Å². The van der Waals surface area contributed by atoms with Gasteiger partial charge in [0.2, 0.25) is 11.0 Å². The Hall–Kier alpha value is -1.35. The summed E-state index contributed by atoms with van der Waals surface area (Å²) in [5.41, 5.74) is 5.49. The molecule has 116 valence electrons. The van der Waals surface area contributed by atoms with Gasteiger partial charge >= 0.3 is 5.97 Å². The van der Waals surface area contributed by atoms with E-state index < -0.39 is 0 Å². The number of ether oxygens (including phenoxy) is 1. The third-order valence-electron chi connectivity index (χ3n) is 3.21. The quantitative estimate of drug-likeness (QED) is 0.635. The minimum atomic E-state index is -0.150. The second kappa shape index (κ2) is 7.60. The summed E-state index contributed by atoms with van der Waals surface area (Å²) in [5.74, 6) is 0.141. The van der Waals surface area contributed by atoms with Crippen molar-refractivity contribution in [3.05, 3.63) is 0 Å². The van der Waals surface area contributed by atoms with E-state index in [1.165, 1.54) is 23.1 Å². The van der Waals surface area contributed by atoms with Gasteiger partial charge in [0.25, 0.3) is 0 Å². The van der Waals surface area contributed by atoms with E-state index in [1.54, 1.807) is 11.8 Å². The maximum absolute atomic E-state index is 12.1. The van der Waals surface area contributed by atoms with Gasteiger partial charge in [-0.3, -0.25) is 9.59 Å². The molecule has 1 aromatic rings. The fraction of sp³-hybridized carbons (Fsp3) is 0.667. The number of thioether (sulfide) groups is 1. The van der Waals surface area contributed by atoms with Gasteiger partial charge in [0, 0.05) is 13.1 Å². The molecule has 2 rings (SSSR count). The van der Waals surface area contributed by atoms with E-state index in [9.17, 15) is 9.59 Å². The van der Waals surface area contributed by atoms with E-state index in [0.29, 0.717) is 47.8 Å². The van der Waals surface area contributed by atoms with Gasteiger partial charge in [-0.2, -0.15) is 0 Å². The van der Waals surface area contributed by atoms with Crippen LogP contribution in [-0.2, 0) is 14.3 Å². The van der Waals surface area contributed by atoms with Crippen molar-refractivity contribution in [2.75, 3.05) is 31.2 Å². The van der Waals surface area contributed by atoms with Crippen LogP contribution >= 0.6 is 23.1 Å². The number of nitrogens with two attached hydrogens (primary N) is 1. The molecule has 9 heteroatoms. The van der Waals surface area contributed by atoms with Crippen LogP contribution in [0.1, 0.15) is 19.8 Å². The highest BCUT2D eigenvalue weighted by Gasteiger charge is 2.28. The Morgan fingerprint density at radius 2 is 2.14 bits per heavy atom. The lowest BCUT2D eigenvalue weighted by molar-refractivity contribution is -0.151. The second-order valence-corrected chi connectivity index (χ2v) is 6.83. The number of carbonyl (C=O) groups excluding carboxylic acids is 2. The number of nitrogen functional groups attached to an aromatic ring is 1. The third-order valence-corrected chi connectivity index (χ3v) is 5.08. The standard InChI is InChI=1S/C12H18N4O3S2/c1-2-19-10(18)8-3-5-16(6-4-8)9(17)7-20-12-15-14-11(13)21-12/h8H,2-7H2,1H3,(H2,13,14). The van der Waals surface area contributed by atoms with Crippen LogP contribution in [0, 0.1) is 5.92 Å². The number of anilines is 1. The van der Waals surface area contributed by atoms with Gasteiger partial charge in [-0.05, 0) is 19.8 Å². The molecule has 1 fully saturated rings. The highest BCUT2D eigenvalue weighted by molar-refractivity contribution is 8.01. The summed E-state index contributed by atoms with van der Waals surface area (Å²) in [4.78, 5) is 25.5. The van der Waals surface area contributed by atoms with Crippen LogP contribution in [0.3, 0.4) is 0 Å².